The Labute approximate surface area is 95.6 Å². The first-order valence-electron chi connectivity index (χ1n) is 4.90. The molecule has 0 saturated carbocycles. The molecule has 0 saturated heterocycles. The summed E-state index contributed by atoms with van der Waals surface area (Å²) in [7, 11) is -2.19. The second-order valence-electron chi connectivity index (χ2n) is 3.37. The van der Waals surface area contributed by atoms with Gasteiger partial charge in [-0.2, -0.15) is 8.42 Å². The predicted molar refractivity (Wildman–Crippen MR) is 66.1 cm³/mol. The molecule has 0 aromatic heterocycles. The fraction of sp³-hybridized carbons (Fsp3) is 0.0833. The molecule has 1 N–H and O–H groups in total. The summed E-state index contributed by atoms with van der Waals surface area (Å²) in [6, 6.07) is 9.23. The second-order valence-corrected chi connectivity index (χ2v) is 4.31. The molecule has 1 aliphatic carbocycles. The molecule has 0 fully saturated rings. The topological polar surface area (TPSA) is 46.2 Å². The number of hydrogen-bond donors (Lipinski definition) is 1. The minimum atomic E-state index is -2.19. The van der Waals surface area contributed by atoms with Crippen LogP contribution in [-0.4, -0.2) is 19.3 Å². The Kier molecular flexibility index (Phi) is 3.22. The molecule has 0 amide bonds. The summed E-state index contributed by atoms with van der Waals surface area (Å²) >= 11 is 0. The highest BCUT2D eigenvalue weighted by Crippen LogP contribution is 2.11. The second kappa shape index (κ2) is 4.81. The number of nitrogens with one attached hydrogen (secondary N) is 1. The van der Waals surface area contributed by atoms with Crippen molar-refractivity contribution < 1.29 is 8.42 Å². The lowest BCUT2D eigenvalue weighted by molar-refractivity contribution is 0.627. The summed E-state index contributed by atoms with van der Waals surface area (Å²) in [5.41, 5.74) is 0.899. The molecular weight excluding hydrogens is 222 g/mol. The zero-order chi connectivity index (χ0) is 11.4. The Bertz CT molecular complexity index is 548. The van der Waals surface area contributed by atoms with Gasteiger partial charge in [-0.25, -0.2) is 0 Å². The molecule has 16 heavy (non-hydrogen) atoms. The van der Waals surface area contributed by atoms with Crippen molar-refractivity contribution in [3.05, 3.63) is 54.6 Å². The van der Waals surface area contributed by atoms with Crippen LogP contribution in [0.1, 0.15) is 0 Å². The lowest BCUT2D eigenvalue weighted by Crippen LogP contribution is -2.27. The van der Waals surface area contributed by atoms with Gasteiger partial charge in [-0.1, -0.05) is 36.4 Å². The number of hydrogen-bond acceptors (Lipinski definition) is 3. The number of rotatable bonds is 2. The summed E-state index contributed by atoms with van der Waals surface area (Å²) in [5.74, 6) is 0. The maximum atomic E-state index is 11.0. The van der Waals surface area contributed by atoms with E-state index in [0.29, 0.717) is 4.86 Å². The van der Waals surface area contributed by atoms with Gasteiger partial charge in [0.15, 0.2) is 0 Å². The van der Waals surface area contributed by atoms with Crippen molar-refractivity contribution in [1.82, 2.24) is 0 Å². The standard InChI is InChI=1S/C12H11NO2S/c14-16(15)12-9-5-4-8-11(12)13-10-6-2-1-3-7-10/h1-9,11,13H. The third-order valence-corrected chi connectivity index (χ3v) is 3.05. The average molecular weight is 233 g/mol. The van der Waals surface area contributed by atoms with E-state index in [1.165, 1.54) is 0 Å². The molecule has 1 aromatic carbocycles. The van der Waals surface area contributed by atoms with Crippen molar-refractivity contribution in [3.63, 3.8) is 0 Å². The highest BCUT2D eigenvalue weighted by Gasteiger charge is 2.13. The normalized spacial score (nSPS) is 18.5. The van der Waals surface area contributed by atoms with Gasteiger partial charge in [0.05, 0.1) is 10.9 Å². The van der Waals surface area contributed by atoms with Crippen LogP contribution in [0.25, 0.3) is 0 Å². The van der Waals surface area contributed by atoms with Gasteiger partial charge in [-0.15, -0.1) is 0 Å². The van der Waals surface area contributed by atoms with E-state index in [1.807, 2.05) is 42.5 Å². The highest BCUT2D eigenvalue weighted by molar-refractivity contribution is 7.73. The van der Waals surface area contributed by atoms with Gasteiger partial charge < -0.3 is 5.32 Å². The van der Waals surface area contributed by atoms with Gasteiger partial charge in [0.2, 0.25) is 10.3 Å². The molecule has 0 heterocycles. The van der Waals surface area contributed by atoms with Gasteiger partial charge in [0.1, 0.15) is 0 Å². The van der Waals surface area contributed by atoms with Crippen LogP contribution in [0.15, 0.2) is 54.6 Å². The molecule has 82 valence electrons. The maximum Gasteiger partial charge on any atom is 0.219 e. The van der Waals surface area contributed by atoms with Crippen LogP contribution in [0.2, 0.25) is 0 Å². The van der Waals surface area contributed by atoms with Crippen LogP contribution in [0.4, 0.5) is 5.69 Å². The predicted octanol–water partition coefficient (Wildman–Crippen LogP) is 1.64. The molecule has 3 nitrogen and oxygen atoms in total. The first-order chi connectivity index (χ1) is 7.77. The van der Waals surface area contributed by atoms with E-state index in [2.05, 4.69) is 5.32 Å². The van der Waals surface area contributed by atoms with E-state index >= 15 is 0 Å². The lowest BCUT2D eigenvalue weighted by atomic mass is 10.1. The minimum absolute atomic E-state index is 0.286. The minimum Gasteiger partial charge on any atom is -0.374 e. The smallest absolute Gasteiger partial charge is 0.219 e. The zero-order valence-electron chi connectivity index (χ0n) is 8.50. The van der Waals surface area contributed by atoms with E-state index in [4.69, 9.17) is 0 Å². The Morgan fingerprint density at radius 3 is 2.50 bits per heavy atom. The van der Waals surface area contributed by atoms with Crippen LogP contribution in [0, 0.1) is 0 Å². The monoisotopic (exact) mass is 233 g/mol. The summed E-state index contributed by atoms with van der Waals surface area (Å²) in [4.78, 5) is 0.353. The molecule has 1 atom stereocenters. The summed E-state index contributed by atoms with van der Waals surface area (Å²) in [6.07, 6.45) is 6.97. The van der Waals surface area contributed by atoms with Gasteiger partial charge in [-0.3, -0.25) is 0 Å². The van der Waals surface area contributed by atoms with E-state index in [-0.39, 0.29) is 6.04 Å². The third-order valence-electron chi connectivity index (χ3n) is 2.27. The number of benzene rings is 1. The first kappa shape index (κ1) is 10.7. The molecular formula is C12H11NO2S. The Balaban J connectivity index is 2.26. The van der Waals surface area contributed by atoms with E-state index in [1.54, 1.807) is 12.2 Å². The molecule has 2 rings (SSSR count). The van der Waals surface area contributed by atoms with Crippen molar-refractivity contribution in [3.8, 4) is 0 Å². The zero-order valence-corrected chi connectivity index (χ0v) is 9.31. The summed E-state index contributed by atoms with van der Waals surface area (Å²) in [5, 5.41) is 3.14. The van der Waals surface area contributed by atoms with Crippen molar-refractivity contribution in [2.24, 2.45) is 0 Å². The fourth-order valence-corrected chi connectivity index (χ4v) is 2.05. The Morgan fingerprint density at radius 2 is 1.81 bits per heavy atom. The van der Waals surface area contributed by atoms with Crippen molar-refractivity contribution in [2.75, 3.05) is 5.32 Å². The molecule has 1 aromatic rings. The van der Waals surface area contributed by atoms with Gasteiger partial charge in [0, 0.05) is 5.69 Å². The first-order valence-corrected chi connectivity index (χ1v) is 5.97. The van der Waals surface area contributed by atoms with Crippen LogP contribution < -0.4 is 5.32 Å². The van der Waals surface area contributed by atoms with E-state index < -0.39 is 10.3 Å². The summed E-state index contributed by atoms with van der Waals surface area (Å²) < 4.78 is 22.0. The number of allylic oxidation sites excluding steroid dienone is 2. The molecule has 0 aliphatic heterocycles. The Hall–Kier alpha value is -1.81. The van der Waals surface area contributed by atoms with Gasteiger partial charge >= 0.3 is 0 Å². The molecule has 4 heteroatoms. The number of anilines is 1. The van der Waals surface area contributed by atoms with Crippen molar-refractivity contribution in [2.45, 2.75) is 6.04 Å². The van der Waals surface area contributed by atoms with Gasteiger partial charge in [0.25, 0.3) is 0 Å². The molecule has 1 unspecified atom stereocenters. The number of para-hydroxylation sites is 1. The highest BCUT2D eigenvalue weighted by atomic mass is 32.2. The van der Waals surface area contributed by atoms with Crippen molar-refractivity contribution >= 4 is 20.8 Å². The van der Waals surface area contributed by atoms with Gasteiger partial charge in [-0.05, 0) is 18.2 Å². The molecule has 0 radical (unpaired) electrons. The largest absolute Gasteiger partial charge is 0.374 e. The Morgan fingerprint density at radius 1 is 1.06 bits per heavy atom. The van der Waals surface area contributed by atoms with Crippen LogP contribution in [-0.2, 0) is 10.3 Å². The molecule has 0 bridgehead atoms. The quantitative estimate of drug-likeness (QED) is 0.790. The average Bonchev–Trinajstić information content (AvgIpc) is 2.31. The maximum absolute atomic E-state index is 11.0. The van der Waals surface area contributed by atoms with E-state index in [0.717, 1.165) is 5.69 Å². The summed E-state index contributed by atoms with van der Waals surface area (Å²) in [6.45, 7) is 0. The molecule has 0 spiro atoms. The fourth-order valence-electron chi connectivity index (χ4n) is 1.52. The third kappa shape index (κ3) is 2.41. The van der Waals surface area contributed by atoms with Crippen molar-refractivity contribution in [1.29, 1.82) is 0 Å². The lowest BCUT2D eigenvalue weighted by Gasteiger charge is -2.16. The molecule has 1 aliphatic rings. The van der Waals surface area contributed by atoms with Crippen LogP contribution >= 0.6 is 0 Å². The SMILES string of the molecule is O=S(=O)=C1C=CC=CC1Nc1ccccc1. The van der Waals surface area contributed by atoms with Crippen LogP contribution in [0.3, 0.4) is 0 Å². The van der Waals surface area contributed by atoms with Crippen LogP contribution in [0.5, 0.6) is 0 Å². The van der Waals surface area contributed by atoms with E-state index in [9.17, 15) is 8.42 Å².